The second-order valence-electron chi connectivity index (χ2n) is 8.14. The largest absolute Gasteiger partial charge is 0.490 e. The van der Waals surface area contributed by atoms with Crippen LogP contribution in [0.15, 0.2) is 78.4 Å². The van der Waals surface area contributed by atoms with Crippen molar-refractivity contribution < 1.29 is 13.9 Å². The molecule has 0 saturated carbocycles. The van der Waals surface area contributed by atoms with E-state index < -0.39 is 5.82 Å². The van der Waals surface area contributed by atoms with Gasteiger partial charge >= 0.3 is 0 Å². The fourth-order valence-electron chi connectivity index (χ4n) is 3.41. The molecule has 0 aliphatic rings. The van der Waals surface area contributed by atoms with Gasteiger partial charge in [0.05, 0.1) is 11.1 Å². The molecule has 0 bridgehead atoms. The van der Waals surface area contributed by atoms with Crippen LogP contribution in [0.2, 0.25) is 0 Å². The van der Waals surface area contributed by atoms with E-state index in [0.29, 0.717) is 41.6 Å². The smallest absolute Gasteiger partial charge is 0.247 e. The van der Waals surface area contributed by atoms with Crippen LogP contribution < -0.4 is 20.8 Å². The van der Waals surface area contributed by atoms with Crippen LogP contribution >= 0.6 is 0 Å². The highest BCUT2D eigenvalue weighted by Gasteiger charge is 2.12. The molecule has 0 aliphatic carbocycles. The number of nitrogens with one attached hydrogen (secondary N) is 2. The molecule has 2 N–H and O–H groups in total. The lowest BCUT2D eigenvalue weighted by Crippen LogP contribution is -2.20. The summed E-state index contributed by atoms with van der Waals surface area (Å²) in [5.41, 5.74) is 1.59. The molecule has 0 saturated heterocycles. The first-order valence-electron chi connectivity index (χ1n) is 11.1. The van der Waals surface area contributed by atoms with Crippen LogP contribution in [0.25, 0.3) is 16.7 Å². The maximum Gasteiger partial charge on any atom is 0.247 e. The van der Waals surface area contributed by atoms with Crippen molar-refractivity contribution in [3.8, 4) is 11.4 Å². The zero-order chi connectivity index (χ0) is 25.7. The van der Waals surface area contributed by atoms with Crippen LogP contribution in [0.3, 0.4) is 0 Å². The Morgan fingerprint density at radius 3 is 2.81 bits per heavy atom. The number of benzene rings is 2. The summed E-state index contributed by atoms with van der Waals surface area (Å²) in [6.45, 7) is 4.62. The van der Waals surface area contributed by atoms with Crippen molar-refractivity contribution in [2.75, 3.05) is 37.9 Å². The quantitative estimate of drug-likeness (QED) is 0.346. The van der Waals surface area contributed by atoms with E-state index >= 15 is 0 Å². The molecule has 0 aliphatic heterocycles. The third-order valence-corrected chi connectivity index (χ3v) is 5.20. The van der Waals surface area contributed by atoms with Crippen LogP contribution in [0.5, 0.6) is 5.75 Å². The van der Waals surface area contributed by atoms with Gasteiger partial charge in [-0.25, -0.2) is 9.37 Å². The molecule has 2 aromatic heterocycles. The number of fused-ring (bicyclic) bond motifs is 1. The summed E-state index contributed by atoms with van der Waals surface area (Å²) in [5, 5.41) is 6.11. The minimum absolute atomic E-state index is 0.209. The zero-order valence-corrected chi connectivity index (χ0v) is 19.9. The van der Waals surface area contributed by atoms with Crippen molar-refractivity contribution in [3.05, 3.63) is 89.6 Å². The van der Waals surface area contributed by atoms with E-state index in [4.69, 9.17) is 4.74 Å². The molecule has 0 atom stereocenters. The molecule has 4 rings (SSSR count). The Morgan fingerprint density at radius 1 is 1.22 bits per heavy atom. The predicted octanol–water partition coefficient (Wildman–Crippen LogP) is 3.73. The predicted molar refractivity (Wildman–Crippen MR) is 138 cm³/mol. The van der Waals surface area contributed by atoms with Crippen LogP contribution in [0, 0.1) is 5.82 Å². The summed E-state index contributed by atoms with van der Waals surface area (Å²) in [4.78, 5) is 35.1. The van der Waals surface area contributed by atoms with Crippen molar-refractivity contribution >= 4 is 34.3 Å². The topological polar surface area (TPSA) is 101 Å². The van der Waals surface area contributed by atoms with E-state index in [0.717, 1.165) is 0 Å². The molecular formula is C26H25FN6O3. The summed E-state index contributed by atoms with van der Waals surface area (Å²) >= 11 is 0. The zero-order valence-electron chi connectivity index (χ0n) is 19.9. The number of amides is 1. The lowest BCUT2D eigenvalue weighted by Gasteiger charge is -2.16. The lowest BCUT2D eigenvalue weighted by molar-refractivity contribution is -0.111. The van der Waals surface area contributed by atoms with Crippen molar-refractivity contribution in [2.24, 2.45) is 0 Å². The van der Waals surface area contributed by atoms with Gasteiger partial charge < -0.3 is 24.8 Å². The van der Waals surface area contributed by atoms with Gasteiger partial charge in [-0.3, -0.25) is 9.59 Å². The molecule has 1 amide bonds. The standard InChI is InChI=1S/C26H25FN6O3/c1-4-24(35)30-21-15-18(8-9-23(21)36-13-12-32(2)3)29-26-28-16-20-22(34)10-11-33(25(20)31-26)19-7-5-6-17(27)14-19/h4-11,14-16H,1,12-13H2,2-3H3,(H,30,35)(H,28,29,31). The number of likely N-dealkylation sites (N-methyl/N-ethyl adjacent to an activating group) is 1. The van der Waals surface area contributed by atoms with Gasteiger partial charge in [-0.2, -0.15) is 4.98 Å². The normalized spacial score (nSPS) is 10.9. The molecule has 9 nitrogen and oxygen atoms in total. The Bertz CT molecular complexity index is 1480. The fraction of sp³-hybridized carbons (Fsp3) is 0.154. The minimum Gasteiger partial charge on any atom is -0.490 e. The third-order valence-electron chi connectivity index (χ3n) is 5.20. The number of nitrogens with zero attached hydrogens (tertiary/aromatic N) is 4. The number of carbonyl (C=O) groups is 1. The van der Waals surface area contributed by atoms with E-state index in [9.17, 15) is 14.0 Å². The first-order valence-corrected chi connectivity index (χ1v) is 11.1. The van der Waals surface area contributed by atoms with Gasteiger partial charge in [0.15, 0.2) is 11.1 Å². The van der Waals surface area contributed by atoms with Gasteiger partial charge in [-0.05, 0) is 56.6 Å². The summed E-state index contributed by atoms with van der Waals surface area (Å²) < 4.78 is 21.3. The van der Waals surface area contributed by atoms with Gasteiger partial charge in [0.25, 0.3) is 0 Å². The number of carbonyl (C=O) groups excluding carboxylic acids is 1. The number of anilines is 3. The summed E-state index contributed by atoms with van der Waals surface area (Å²) in [7, 11) is 3.88. The highest BCUT2D eigenvalue weighted by atomic mass is 19.1. The highest BCUT2D eigenvalue weighted by Crippen LogP contribution is 2.29. The second kappa shape index (κ2) is 10.8. The summed E-state index contributed by atoms with van der Waals surface area (Å²) in [6.07, 6.45) is 4.13. The fourth-order valence-corrected chi connectivity index (χ4v) is 3.41. The molecule has 0 radical (unpaired) electrons. The van der Waals surface area contributed by atoms with Gasteiger partial charge in [0, 0.05) is 36.4 Å². The van der Waals surface area contributed by atoms with Gasteiger partial charge in [-0.1, -0.05) is 12.6 Å². The van der Waals surface area contributed by atoms with E-state index in [-0.39, 0.29) is 22.7 Å². The van der Waals surface area contributed by atoms with Crippen LogP contribution in [0.1, 0.15) is 0 Å². The van der Waals surface area contributed by atoms with Gasteiger partial charge in [0.1, 0.15) is 18.2 Å². The average Bonchev–Trinajstić information content (AvgIpc) is 2.85. The first-order chi connectivity index (χ1) is 17.3. The number of ether oxygens (including phenoxy) is 1. The number of hydrogen-bond acceptors (Lipinski definition) is 7. The summed E-state index contributed by atoms with van der Waals surface area (Å²) in [6, 6.07) is 12.5. The average molecular weight is 489 g/mol. The Kier molecular flexibility index (Phi) is 7.36. The van der Waals surface area contributed by atoms with Crippen molar-refractivity contribution in [1.29, 1.82) is 0 Å². The SMILES string of the molecule is C=CC(=O)Nc1cc(Nc2ncc3c(=O)ccn(-c4cccc(F)c4)c3n2)ccc1OCCN(C)C. The second-order valence-corrected chi connectivity index (χ2v) is 8.14. The minimum atomic E-state index is -0.409. The Balaban J connectivity index is 1.68. The summed E-state index contributed by atoms with van der Waals surface area (Å²) in [5.74, 6) is -0.0862. The van der Waals surface area contributed by atoms with Crippen molar-refractivity contribution in [1.82, 2.24) is 19.4 Å². The number of rotatable bonds is 9. The van der Waals surface area contributed by atoms with Gasteiger partial charge in [-0.15, -0.1) is 0 Å². The molecule has 36 heavy (non-hydrogen) atoms. The Labute approximate surface area is 206 Å². The molecule has 10 heteroatoms. The number of hydrogen-bond donors (Lipinski definition) is 2. The third kappa shape index (κ3) is 5.73. The maximum atomic E-state index is 13.8. The number of halogens is 1. The molecule has 4 aromatic rings. The molecule has 184 valence electrons. The maximum absolute atomic E-state index is 13.8. The van der Waals surface area contributed by atoms with Crippen molar-refractivity contribution in [2.45, 2.75) is 0 Å². The van der Waals surface area contributed by atoms with E-state index in [1.165, 1.54) is 30.5 Å². The van der Waals surface area contributed by atoms with E-state index in [1.807, 2.05) is 19.0 Å². The monoisotopic (exact) mass is 488 g/mol. The molecule has 0 spiro atoms. The van der Waals surface area contributed by atoms with Crippen LogP contribution in [0.4, 0.5) is 21.7 Å². The Morgan fingerprint density at radius 2 is 2.06 bits per heavy atom. The van der Waals surface area contributed by atoms with Gasteiger partial charge in [0.2, 0.25) is 11.9 Å². The Hall–Kier alpha value is -4.57. The van der Waals surface area contributed by atoms with Crippen LogP contribution in [-0.2, 0) is 4.79 Å². The number of pyridine rings is 1. The number of aromatic nitrogens is 3. The van der Waals surface area contributed by atoms with Crippen molar-refractivity contribution in [3.63, 3.8) is 0 Å². The molecule has 2 aromatic carbocycles. The molecule has 2 heterocycles. The highest BCUT2D eigenvalue weighted by molar-refractivity contribution is 6.00. The van der Waals surface area contributed by atoms with E-state index in [1.54, 1.807) is 41.1 Å². The van der Waals surface area contributed by atoms with E-state index in [2.05, 4.69) is 27.2 Å². The lowest BCUT2D eigenvalue weighted by atomic mass is 10.2. The molecular weight excluding hydrogens is 463 g/mol. The molecule has 0 unspecified atom stereocenters. The first kappa shape index (κ1) is 24.6. The molecule has 0 fully saturated rings. The van der Waals surface area contributed by atoms with Crippen LogP contribution in [-0.4, -0.2) is 52.6 Å².